The van der Waals surface area contributed by atoms with Crippen molar-refractivity contribution < 1.29 is 9.84 Å². The topological polar surface area (TPSA) is 32.7 Å². The van der Waals surface area contributed by atoms with Gasteiger partial charge in [0, 0.05) is 23.0 Å². The normalized spacial score (nSPS) is 19.8. The first kappa shape index (κ1) is 15.4. The van der Waals surface area contributed by atoms with Crippen molar-refractivity contribution in [3.8, 4) is 11.5 Å². The predicted octanol–water partition coefficient (Wildman–Crippen LogP) is 4.58. The second-order valence-corrected chi connectivity index (χ2v) is 6.80. The van der Waals surface area contributed by atoms with Gasteiger partial charge in [-0.2, -0.15) is 0 Å². The van der Waals surface area contributed by atoms with Gasteiger partial charge >= 0.3 is 0 Å². The van der Waals surface area contributed by atoms with Gasteiger partial charge in [0.2, 0.25) is 0 Å². The maximum absolute atomic E-state index is 10.4. The maximum atomic E-state index is 10.4. The highest BCUT2D eigenvalue weighted by atomic mass is 32.1. The van der Waals surface area contributed by atoms with E-state index in [4.69, 9.17) is 4.74 Å². The first-order valence-corrected chi connectivity index (χ1v) is 8.80. The van der Waals surface area contributed by atoms with Crippen LogP contribution in [0.15, 0.2) is 35.7 Å². The van der Waals surface area contributed by atoms with Crippen LogP contribution in [0.4, 0.5) is 0 Å². The van der Waals surface area contributed by atoms with Crippen LogP contribution in [0.25, 0.3) is 0 Å². The van der Waals surface area contributed by atoms with Gasteiger partial charge in [-0.05, 0) is 36.9 Å². The number of thiophene rings is 1. The molecule has 3 rings (SSSR count). The summed E-state index contributed by atoms with van der Waals surface area (Å²) in [6, 6.07) is 10.6. The Kier molecular flexibility index (Phi) is 5.01. The molecule has 1 aliphatic heterocycles. The molecular formula is C18H23NO2S. The quantitative estimate of drug-likeness (QED) is 0.896. The molecule has 1 aromatic heterocycles. The van der Waals surface area contributed by atoms with E-state index in [9.17, 15) is 5.11 Å². The Bertz CT molecular complexity index is 597. The van der Waals surface area contributed by atoms with Crippen LogP contribution in [-0.4, -0.2) is 23.7 Å². The molecule has 118 valence electrons. The van der Waals surface area contributed by atoms with Crippen LogP contribution in [0.5, 0.6) is 11.5 Å². The zero-order valence-corrected chi connectivity index (χ0v) is 13.8. The van der Waals surface area contributed by atoms with Crippen molar-refractivity contribution in [2.45, 2.75) is 38.3 Å². The highest BCUT2D eigenvalue weighted by Crippen LogP contribution is 2.36. The number of phenols is 1. The fraction of sp³-hybridized carbons (Fsp3) is 0.444. The first-order chi connectivity index (χ1) is 10.8. The number of hydrogen-bond donors (Lipinski definition) is 1. The second-order valence-electron chi connectivity index (χ2n) is 5.82. The zero-order valence-electron chi connectivity index (χ0n) is 13.0. The first-order valence-electron chi connectivity index (χ1n) is 7.92. The van der Waals surface area contributed by atoms with Crippen LogP contribution in [-0.2, 0) is 6.54 Å². The van der Waals surface area contributed by atoms with Crippen molar-refractivity contribution in [3.63, 3.8) is 0 Å². The van der Waals surface area contributed by atoms with E-state index in [0.29, 0.717) is 11.8 Å². The van der Waals surface area contributed by atoms with E-state index >= 15 is 0 Å². The molecule has 2 heterocycles. The van der Waals surface area contributed by atoms with E-state index in [0.717, 1.165) is 18.7 Å². The molecule has 1 saturated heterocycles. The summed E-state index contributed by atoms with van der Waals surface area (Å²) in [5, 5.41) is 12.5. The van der Waals surface area contributed by atoms with Gasteiger partial charge in [-0.15, -0.1) is 11.3 Å². The molecule has 0 spiro atoms. The molecule has 1 aliphatic rings. The number of methoxy groups -OCH3 is 1. The smallest absolute Gasteiger partial charge is 0.162 e. The number of benzene rings is 1. The lowest BCUT2D eigenvalue weighted by Crippen LogP contribution is -2.27. The molecule has 4 heteroatoms. The van der Waals surface area contributed by atoms with E-state index < -0.39 is 0 Å². The van der Waals surface area contributed by atoms with Gasteiger partial charge < -0.3 is 9.84 Å². The summed E-state index contributed by atoms with van der Waals surface area (Å²) < 4.78 is 5.23. The van der Waals surface area contributed by atoms with Crippen molar-refractivity contribution in [2.24, 2.45) is 0 Å². The van der Waals surface area contributed by atoms with Crippen LogP contribution in [0.3, 0.4) is 0 Å². The summed E-state index contributed by atoms with van der Waals surface area (Å²) in [6.07, 6.45) is 5.00. The van der Waals surface area contributed by atoms with Gasteiger partial charge in [0.05, 0.1) is 7.11 Å². The Labute approximate surface area is 136 Å². The second kappa shape index (κ2) is 7.16. The molecule has 0 saturated carbocycles. The summed E-state index contributed by atoms with van der Waals surface area (Å²) in [4.78, 5) is 3.94. The molecule has 1 N–H and O–H groups in total. The number of phenolic OH excluding ortho intramolecular Hbond substituents is 1. The third-order valence-electron chi connectivity index (χ3n) is 4.41. The van der Waals surface area contributed by atoms with Crippen LogP contribution in [0.1, 0.15) is 42.2 Å². The standard InChI is InChI=1S/C18H23NO2S/c1-21-16-9-5-7-14(18(16)20)13-19-11-4-2-3-8-15(19)17-10-6-12-22-17/h5-7,9-10,12,15,20H,2-4,8,11,13H2,1H3/t15-/m0/s1. The third kappa shape index (κ3) is 3.28. The molecule has 3 nitrogen and oxygen atoms in total. The Morgan fingerprint density at radius 2 is 2.14 bits per heavy atom. The lowest BCUT2D eigenvalue weighted by molar-refractivity contribution is 0.192. The number of nitrogens with zero attached hydrogens (tertiary/aromatic N) is 1. The molecule has 1 aromatic carbocycles. The summed E-state index contributed by atoms with van der Waals surface area (Å²) in [5.41, 5.74) is 0.947. The molecular weight excluding hydrogens is 294 g/mol. The van der Waals surface area contributed by atoms with Gasteiger partial charge in [0.1, 0.15) is 0 Å². The average molecular weight is 317 g/mol. The van der Waals surface area contributed by atoms with Crippen LogP contribution < -0.4 is 4.74 Å². The highest BCUT2D eigenvalue weighted by Gasteiger charge is 2.24. The number of para-hydroxylation sites is 1. The number of ether oxygens (including phenoxy) is 1. The minimum Gasteiger partial charge on any atom is -0.504 e. The summed E-state index contributed by atoms with van der Waals surface area (Å²) >= 11 is 1.84. The molecule has 0 unspecified atom stereocenters. The van der Waals surface area contributed by atoms with E-state index in [2.05, 4.69) is 22.4 Å². The minimum absolute atomic E-state index is 0.277. The Morgan fingerprint density at radius 3 is 2.91 bits per heavy atom. The van der Waals surface area contributed by atoms with Gasteiger partial charge in [0.15, 0.2) is 11.5 Å². The summed E-state index contributed by atoms with van der Waals surface area (Å²) in [5.74, 6) is 0.833. The van der Waals surface area contributed by atoms with E-state index in [1.807, 2.05) is 23.5 Å². The van der Waals surface area contributed by atoms with Gasteiger partial charge in [-0.1, -0.05) is 31.0 Å². The monoisotopic (exact) mass is 317 g/mol. The lowest BCUT2D eigenvalue weighted by Gasteiger charge is -2.29. The zero-order chi connectivity index (χ0) is 15.4. The van der Waals surface area contributed by atoms with Crippen LogP contribution in [0, 0.1) is 0 Å². The molecule has 1 fully saturated rings. The predicted molar refractivity (Wildman–Crippen MR) is 90.6 cm³/mol. The van der Waals surface area contributed by atoms with Crippen molar-refractivity contribution in [1.29, 1.82) is 0 Å². The Balaban J connectivity index is 1.84. The maximum Gasteiger partial charge on any atom is 0.162 e. The number of likely N-dealkylation sites (tertiary alicyclic amines) is 1. The Hall–Kier alpha value is -1.52. The van der Waals surface area contributed by atoms with E-state index in [1.165, 1.54) is 30.6 Å². The van der Waals surface area contributed by atoms with Gasteiger partial charge in [-0.25, -0.2) is 0 Å². The van der Waals surface area contributed by atoms with Crippen molar-refractivity contribution >= 4 is 11.3 Å². The molecule has 0 aliphatic carbocycles. The molecule has 2 aromatic rings. The SMILES string of the molecule is COc1cccc(CN2CCCCC[C@H]2c2cccs2)c1O. The number of rotatable bonds is 4. The van der Waals surface area contributed by atoms with E-state index in [1.54, 1.807) is 13.2 Å². The lowest BCUT2D eigenvalue weighted by atomic mass is 10.1. The fourth-order valence-electron chi connectivity index (χ4n) is 3.24. The number of hydrogen-bond acceptors (Lipinski definition) is 4. The third-order valence-corrected chi connectivity index (χ3v) is 5.38. The molecule has 22 heavy (non-hydrogen) atoms. The van der Waals surface area contributed by atoms with Crippen molar-refractivity contribution in [3.05, 3.63) is 46.2 Å². The minimum atomic E-state index is 0.277. The molecule has 0 amide bonds. The van der Waals surface area contributed by atoms with Crippen molar-refractivity contribution in [1.82, 2.24) is 4.90 Å². The fourth-order valence-corrected chi connectivity index (χ4v) is 4.13. The summed E-state index contributed by atoms with van der Waals surface area (Å²) in [6.45, 7) is 1.85. The van der Waals surface area contributed by atoms with E-state index in [-0.39, 0.29) is 5.75 Å². The van der Waals surface area contributed by atoms with Crippen LogP contribution in [0.2, 0.25) is 0 Å². The van der Waals surface area contributed by atoms with Gasteiger partial charge in [0.25, 0.3) is 0 Å². The van der Waals surface area contributed by atoms with Crippen molar-refractivity contribution in [2.75, 3.05) is 13.7 Å². The Morgan fingerprint density at radius 1 is 1.23 bits per heavy atom. The van der Waals surface area contributed by atoms with Gasteiger partial charge in [-0.3, -0.25) is 4.90 Å². The highest BCUT2D eigenvalue weighted by molar-refractivity contribution is 7.10. The molecule has 0 radical (unpaired) electrons. The molecule has 1 atom stereocenters. The average Bonchev–Trinajstić information content (AvgIpc) is 2.96. The molecule has 0 bridgehead atoms. The van der Waals surface area contributed by atoms with Crippen LogP contribution >= 0.6 is 11.3 Å². The summed E-state index contributed by atoms with van der Waals surface area (Å²) in [7, 11) is 1.60. The number of aromatic hydroxyl groups is 1. The largest absolute Gasteiger partial charge is 0.504 e.